The van der Waals surface area contributed by atoms with Crippen molar-refractivity contribution in [1.29, 1.82) is 0 Å². The van der Waals surface area contributed by atoms with E-state index in [9.17, 15) is 0 Å². The normalized spacial score (nSPS) is 9.82. The average molecular weight is 148 g/mol. The van der Waals surface area contributed by atoms with Crippen molar-refractivity contribution in [3.63, 3.8) is 0 Å². The van der Waals surface area contributed by atoms with Gasteiger partial charge in [0.2, 0.25) is 0 Å². The summed E-state index contributed by atoms with van der Waals surface area (Å²) >= 11 is 0. The van der Waals surface area contributed by atoms with Gasteiger partial charge in [0.1, 0.15) is 0 Å². The minimum absolute atomic E-state index is 1.09. The van der Waals surface area contributed by atoms with Crippen LogP contribution in [0.2, 0.25) is 0 Å². The molecule has 0 unspecified atom stereocenters. The molecule has 0 aliphatic carbocycles. The Morgan fingerprint density at radius 2 is 1.91 bits per heavy atom. The van der Waals surface area contributed by atoms with Crippen LogP contribution in [0.1, 0.15) is 11.1 Å². The van der Waals surface area contributed by atoms with Crippen LogP contribution in [-0.4, -0.2) is 14.1 Å². The molecule has 0 aromatic heterocycles. The Labute approximate surface area is 68.7 Å². The summed E-state index contributed by atoms with van der Waals surface area (Å²) in [6.45, 7) is 6.04. The van der Waals surface area contributed by atoms with Crippen LogP contribution < -0.4 is 4.90 Å². The third kappa shape index (κ3) is 1.73. The Balaban J connectivity index is 3.09. The zero-order chi connectivity index (χ0) is 8.43. The molecule has 0 aliphatic rings. The summed E-state index contributed by atoms with van der Waals surface area (Å²) in [4.78, 5) is 2.07. The van der Waals surface area contributed by atoms with Gasteiger partial charge in [-0.25, -0.2) is 0 Å². The van der Waals surface area contributed by atoms with E-state index in [4.69, 9.17) is 0 Å². The minimum Gasteiger partial charge on any atom is -0.377 e. The summed E-state index contributed by atoms with van der Waals surface area (Å²) in [6, 6.07) is 6.29. The second-order valence-corrected chi connectivity index (χ2v) is 3.03. The monoisotopic (exact) mass is 148 g/mol. The number of hydrogen-bond donors (Lipinski definition) is 0. The molecule has 0 spiro atoms. The van der Waals surface area contributed by atoms with Crippen LogP contribution in [0.15, 0.2) is 18.2 Å². The third-order valence-corrected chi connectivity index (χ3v) is 1.72. The van der Waals surface area contributed by atoms with Gasteiger partial charge in [-0.3, -0.25) is 0 Å². The van der Waals surface area contributed by atoms with Crippen LogP contribution in [-0.2, 0) is 0 Å². The first-order valence-corrected chi connectivity index (χ1v) is 3.71. The molecular formula is C10H14N. The van der Waals surface area contributed by atoms with Crippen LogP contribution in [0.3, 0.4) is 0 Å². The van der Waals surface area contributed by atoms with Crippen LogP contribution in [0.5, 0.6) is 0 Å². The lowest BCUT2D eigenvalue weighted by Gasteiger charge is -2.15. The predicted octanol–water partition coefficient (Wildman–Crippen LogP) is 2.24. The summed E-state index contributed by atoms with van der Waals surface area (Å²) < 4.78 is 0. The Morgan fingerprint density at radius 1 is 1.27 bits per heavy atom. The number of aryl methyl sites for hydroxylation is 1. The molecular weight excluding hydrogens is 134 g/mol. The van der Waals surface area contributed by atoms with Crippen LogP contribution >= 0.6 is 0 Å². The Hall–Kier alpha value is -0.980. The highest BCUT2D eigenvalue weighted by Crippen LogP contribution is 2.17. The van der Waals surface area contributed by atoms with Gasteiger partial charge in [-0.15, -0.1) is 0 Å². The van der Waals surface area contributed by atoms with Gasteiger partial charge in [0.05, 0.1) is 0 Å². The first-order valence-electron chi connectivity index (χ1n) is 3.71. The highest BCUT2D eigenvalue weighted by atomic mass is 15.1. The fourth-order valence-corrected chi connectivity index (χ4v) is 1.15. The number of anilines is 1. The van der Waals surface area contributed by atoms with Gasteiger partial charge in [0.25, 0.3) is 0 Å². The highest BCUT2D eigenvalue weighted by Gasteiger charge is 1.98. The van der Waals surface area contributed by atoms with Gasteiger partial charge in [-0.05, 0) is 25.5 Å². The molecule has 1 heteroatoms. The molecule has 1 rings (SSSR count). The number of nitrogens with zero attached hydrogens (tertiary/aromatic N) is 1. The fourth-order valence-electron chi connectivity index (χ4n) is 1.15. The van der Waals surface area contributed by atoms with E-state index in [1.165, 1.54) is 11.3 Å². The van der Waals surface area contributed by atoms with E-state index < -0.39 is 0 Å². The van der Waals surface area contributed by atoms with Crippen molar-refractivity contribution in [2.45, 2.75) is 6.92 Å². The highest BCUT2D eigenvalue weighted by molar-refractivity contribution is 5.55. The number of benzene rings is 1. The molecule has 0 saturated heterocycles. The van der Waals surface area contributed by atoms with Gasteiger partial charge >= 0.3 is 0 Å². The molecule has 0 N–H and O–H groups in total. The van der Waals surface area contributed by atoms with Crippen LogP contribution in [0, 0.1) is 13.8 Å². The first kappa shape index (κ1) is 8.12. The first-order chi connectivity index (χ1) is 5.11. The maximum absolute atomic E-state index is 3.96. The van der Waals surface area contributed by atoms with E-state index >= 15 is 0 Å². The van der Waals surface area contributed by atoms with Gasteiger partial charge in [-0.1, -0.05) is 17.7 Å². The standard InChI is InChI=1S/C10H14N/c1-8-5-6-10(11(3)4)9(2)7-8/h5-7H,2H2,1,3-4H3. The van der Waals surface area contributed by atoms with E-state index in [0.29, 0.717) is 0 Å². The quantitative estimate of drug-likeness (QED) is 0.590. The van der Waals surface area contributed by atoms with Crippen molar-refractivity contribution in [2.75, 3.05) is 19.0 Å². The molecule has 1 aromatic carbocycles. The van der Waals surface area contributed by atoms with E-state index in [0.717, 1.165) is 5.56 Å². The fraction of sp³-hybridized carbons (Fsp3) is 0.300. The predicted molar refractivity (Wildman–Crippen MR) is 50.0 cm³/mol. The maximum atomic E-state index is 3.96. The summed E-state index contributed by atoms with van der Waals surface area (Å²) in [5, 5.41) is 0. The molecule has 0 aliphatic heterocycles. The van der Waals surface area contributed by atoms with Crippen LogP contribution in [0.25, 0.3) is 0 Å². The van der Waals surface area contributed by atoms with E-state index in [1.807, 2.05) is 14.1 Å². The lowest BCUT2D eigenvalue weighted by atomic mass is 10.1. The van der Waals surface area contributed by atoms with Gasteiger partial charge in [0.15, 0.2) is 0 Å². The van der Waals surface area contributed by atoms with Crippen molar-refractivity contribution in [1.82, 2.24) is 0 Å². The molecule has 11 heavy (non-hydrogen) atoms. The van der Waals surface area contributed by atoms with Gasteiger partial charge in [0, 0.05) is 19.8 Å². The Kier molecular flexibility index (Phi) is 2.18. The molecule has 0 amide bonds. The summed E-state index contributed by atoms with van der Waals surface area (Å²) in [7, 11) is 4.05. The lowest BCUT2D eigenvalue weighted by Crippen LogP contribution is -2.09. The average Bonchev–Trinajstić information content (AvgIpc) is 1.85. The second kappa shape index (κ2) is 2.95. The van der Waals surface area contributed by atoms with Crippen molar-refractivity contribution in [3.05, 3.63) is 36.2 Å². The van der Waals surface area contributed by atoms with Crippen molar-refractivity contribution >= 4 is 5.69 Å². The van der Waals surface area contributed by atoms with Gasteiger partial charge < -0.3 is 4.90 Å². The van der Waals surface area contributed by atoms with Crippen molar-refractivity contribution in [3.8, 4) is 0 Å². The lowest BCUT2D eigenvalue weighted by molar-refractivity contribution is 1.12. The van der Waals surface area contributed by atoms with Gasteiger partial charge in [-0.2, -0.15) is 0 Å². The van der Waals surface area contributed by atoms with Crippen molar-refractivity contribution < 1.29 is 0 Å². The zero-order valence-corrected chi connectivity index (χ0v) is 7.39. The molecule has 0 fully saturated rings. The van der Waals surface area contributed by atoms with E-state index in [-0.39, 0.29) is 0 Å². The molecule has 0 heterocycles. The number of hydrogen-bond acceptors (Lipinski definition) is 1. The summed E-state index contributed by atoms with van der Waals surface area (Å²) in [5.41, 5.74) is 3.55. The van der Waals surface area contributed by atoms with E-state index in [2.05, 4.69) is 36.9 Å². The van der Waals surface area contributed by atoms with Crippen molar-refractivity contribution in [2.24, 2.45) is 0 Å². The topological polar surface area (TPSA) is 3.24 Å². The molecule has 1 radical (unpaired) electrons. The molecule has 1 aromatic rings. The minimum atomic E-state index is 1.09. The molecule has 0 saturated carbocycles. The smallest absolute Gasteiger partial charge is 0.0393 e. The van der Waals surface area contributed by atoms with E-state index in [1.54, 1.807) is 0 Å². The Bertz CT molecular complexity index is 251. The molecule has 0 atom stereocenters. The summed E-state index contributed by atoms with van der Waals surface area (Å²) in [5.74, 6) is 0. The van der Waals surface area contributed by atoms with Crippen LogP contribution in [0.4, 0.5) is 5.69 Å². The zero-order valence-electron chi connectivity index (χ0n) is 7.39. The number of rotatable bonds is 1. The summed E-state index contributed by atoms with van der Waals surface area (Å²) in [6.07, 6.45) is 0. The molecule has 59 valence electrons. The third-order valence-electron chi connectivity index (χ3n) is 1.72. The SMILES string of the molecule is [CH2]c1cc(C)ccc1N(C)C. The molecule has 1 nitrogen and oxygen atoms in total. The molecule has 0 bridgehead atoms. The largest absolute Gasteiger partial charge is 0.377 e. The Morgan fingerprint density at radius 3 is 2.36 bits per heavy atom. The second-order valence-electron chi connectivity index (χ2n) is 3.03. The maximum Gasteiger partial charge on any atom is 0.0393 e.